The lowest BCUT2D eigenvalue weighted by atomic mass is 10.1. The largest absolute Gasteiger partial charge is 0.490 e. The zero-order valence-electron chi connectivity index (χ0n) is 16.1. The second-order valence-corrected chi connectivity index (χ2v) is 6.46. The Hall–Kier alpha value is -3.25. The number of halogens is 1. The van der Waals surface area contributed by atoms with Crippen LogP contribution in [0.4, 0.5) is 4.79 Å². The van der Waals surface area contributed by atoms with E-state index in [1.165, 1.54) is 13.3 Å². The van der Waals surface area contributed by atoms with Crippen LogP contribution in [0.25, 0.3) is 10.8 Å². The van der Waals surface area contributed by atoms with E-state index in [9.17, 15) is 4.79 Å². The summed E-state index contributed by atoms with van der Waals surface area (Å²) < 4.78 is 16.2. The van der Waals surface area contributed by atoms with E-state index in [0.717, 1.165) is 16.3 Å². The average Bonchev–Trinajstić information content (AvgIpc) is 2.73. The van der Waals surface area contributed by atoms with Gasteiger partial charge in [0.2, 0.25) is 0 Å². The lowest BCUT2D eigenvalue weighted by Crippen LogP contribution is -2.16. The third-order valence-corrected chi connectivity index (χ3v) is 4.42. The van der Waals surface area contributed by atoms with Gasteiger partial charge in [-0.25, -0.2) is 10.2 Å². The van der Waals surface area contributed by atoms with E-state index < -0.39 is 6.09 Å². The fourth-order valence-corrected chi connectivity index (χ4v) is 3.11. The first-order valence-corrected chi connectivity index (χ1v) is 9.43. The summed E-state index contributed by atoms with van der Waals surface area (Å²) in [6.45, 7) is 2.67. The minimum absolute atomic E-state index is 0.346. The molecule has 3 aromatic carbocycles. The number of methoxy groups -OCH3 is 1. The fraction of sp³-hybridized carbons (Fsp3) is 0.182. The molecule has 150 valence electrons. The van der Waals surface area contributed by atoms with Gasteiger partial charge in [0.05, 0.1) is 25.0 Å². The topological polar surface area (TPSA) is 69.2 Å². The van der Waals surface area contributed by atoms with Crippen molar-refractivity contribution in [1.82, 2.24) is 5.43 Å². The van der Waals surface area contributed by atoms with E-state index in [1.54, 1.807) is 12.1 Å². The number of hydrogen-bond acceptors (Lipinski definition) is 5. The van der Waals surface area contributed by atoms with Gasteiger partial charge in [-0.05, 0) is 41.0 Å². The van der Waals surface area contributed by atoms with Crippen molar-refractivity contribution in [3.63, 3.8) is 0 Å². The first-order valence-electron chi connectivity index (χ1n) is 9.05. The Kier molecular flexibility index (Phi) is 6.92. The summed E-state index contributed by atoms with van der Waals surface area (Å²) in [4.78, 5) is 11.1. The van der Waals surface area contributed by atoms with E-state index in [-0.39, 0.29) is 0 Å². The molecule has 29 heavy (non-hydrogen) atoms. The minimum atomic E-state index is -0.660. The monoisotopic (exact) mass is 412 g/mol. The first kappa shape index (κ1) is 20.5. The summed E-state index contributed by atoms with van der Waals surface area (Å²) >= 11 is 6.44. The summed E-state index contributed by atoms with van der Waals surface area (Å²) in [5.74, 6) is 0.958. The van der Waals surface area contributed by atoms with Gasteiger partial charge in [-0.1, -0.05) is 54.1 Å². The summed E-state index contributed by atoms with van der Waals surface area (Å²) in [7, 11) is 1.26. The molecule has 0 unspecified atom stereocenters. The molecule has 1 N–H and O–H groups in total. The van der Waals surface area contributed by atoms with Crippen LogP contribution < -0.4 is 14.9 Å². The third kappa shape index (κ3) is 5.18. The molecule has 1 amide bonds. The molecule has 0 saturated carbocycles. The highest BCUT2D eigenvalue weighted by Crippen LogP contribution is 2.37. The fourth-order valence-electron chi connectivity index (χ4n) is 2.84. The van der Waals surface area contributed by atoms with Crippen LogP contribution in [-0.2, 0) is 11.3 Å². The number of carbonyl (C=O) groups is 1. The number of hydrogen-bond donors (Lipinski definition) is 1. The lowest BCUT2D eigenvalue weighted by molar-refractivity contribution is 0.171. The number of hydrazone groups is 1. The highest BCUT2D eigenvalue weighted by molar-refractivity contribution is 6.32. The Morgan fingerprint density at radius 3 is 2.72 bits per heavy atom. The second-order valence-electron chi connectivity index (χ2n) is 6.05. The molecule has 0 aromatic heterocycles. The van der Waals surface area contributed by atoms with Crippen LogP contribution in [-0.4, -0.2) is 26.0 Å². The van der Waals surface area contributed by atoms with E-state index in [0.29, 0.717) is 35.3 Å². The summed E-state index contributed by atoms with van der Waals surface area (Å²) in [5, 5.41) is 6.47. The van der Waals surface area contributed by atoms with Crippen LogP contribution in [0, 0.1) is 0 Å². The Labute approximate surface area is 174 Å². The van der Waals surface area contributed by atoms with Crippen molar-refractivity contribution >= 4 is 34.7 Å². The number of ether oxygens (including phenoxy) is 3. The highest BCUT2D eigenvalue weighted by atomic mass is 35.5. The number of amides is 1. The summed E-state index contributed by atoms with van der Waals surface area (Å²) in [6.07, 6.45) is 0.784. The molecule has 0 atom stereocenters. The Bertz CT molecular complexity index is 1030. The minimum Gasteiger partial charge on any atom is -0.490 e. The molecule has 0 heterocycles. The van der Waals surface area contributed by atoms with Crippen molar-refractivity contribution < 1.29 is 19.0 Å². The van der Waals surface area contributed by atoms with Gasteiger partial charge >= 0.3 is 6.09 Å². The molecule has 0 aliphatic carbocycles. The van der Waals surface area contributed by atoms with E-state index in [1.807, 2.05) is 31.2 Å². The van der Waals surface area contributed by atoms with Crippen LogP contribution in [0.2, 0.25) is 5.02 Å². The van der Waals surface area contributed by atoms with Crippen molar-refractivity contribution in [3.05, 3.63) is 70.7 Å². The molecule has 0 aliphatic rings. The predicted molar refractivity (Wildman–Crippen MR) is 114 cm³/mol. The third-order valence-electron chi connectivity index (χ3n) is 4.14. The van der Waals surface area contributed by atoms with Crippen LogP contribution >= 0.6 is 11.6 Å². The predicted octanol–water partition coefficient (Wildman–Crippen LogP) is 5.16. The smallest absolute Gasteiger partial charge is 0.427 e. The standard InChI is InChI=1S/C22H21ClN2O4/c1-3-28-20-12-15(13-24-25-22(26)27-2)11-19(23)21(20)29-14-17-9-6-8-16-7-4-5-10-18(16)17/h4-13H,3,14H2,1-2H3,(H,25,26)/b24-13+. The van der Waals surface area contributed by atoms with Gasteiger partial charge in [0.15, 0.2) is 11.5 Å². The van der Waals surface area contributed by atoms with Crippen molar-refractivity contribution in [2.45, 2.75) is 13.5 Å². The number of rotatable bonds is 7. The van der Waals surface area contributed by atoms with Crippen LogP contribution in [0.1, 0.15) is 18.1 Å². The molecule has 0 saturated heterocycles. The van der Waals surface area contributed by atoms with Crippen molar-refractivity contribution in [3.8, 4) is 11.5 Å². The van der Waals surface area contributed by atoms with Gasteiger partial charge < -0.3 is 14.2 Å². The Balaban J connectivity index is 1.83. The molecule has 6 nitrogen and oxygen atoms in total. The molecule has 0 fully saturated rings. The van der Waals surface area contributed by atoms with Gasteiger partial charge in [0.25, 0.3) is 0 Å². The molecule has 3 aromatic rings. The second kappa shape index (κ2) is 9.80. The van der Waals surface area contributed by atoms with Crippen LogP contribution in [0.5, 0.6) is 11.5 Å². The number of benzene rings is 3. The van der Waals surface area contributed by atoms with Gasteiger partial charge in [-0.3, -0.25) is 0 Å². The zero-order chi connectivity index (χ0) is 20.6. The van der Waals surface area contributed by atoms with Crippen LogP contribution in [0.3, 0.4) is 0 Å². The molecule has 0 bridgehead atoms. The molecule has 0 radical (unpaired) electrons. The number of carbonyl (C=O) groups excluding carboxylic acids is 1. The number of nitrogens with one attached hydrogen (secondary N) is 1. The SMILES string of the molecule is CCOc1cc(/C=N/NC(=O)OC)cc(Cl)c1OCc1cccc2ccccc12. The lowest BCUT2D eigenvalue weighted by Gasteiger charge is -2.15. The van der Waals surface area contributed by atoms with Crippen LogP contribution in [0.15, 0.2) is 59.7 Å². The van der Waals surface area contributed by atoms with Gasteiger partial charge in [-0.15, -0.1) is 0 Å². The number of fused-ring (bicyclic) bond motifs is 1. The zero-order valence-corrected chi connectivity index (χ0v) is 16.9. The van der Waals surface area contributed by atoms with Gasteiger partial charge in [-0.2, -0.15) is 5.10 Å². The molecule has 0 spiro atoms. The molecular formula is C22H21ClN2O4. The van der Waals surface area contributed by atoms with Crippen molar-refractivity contribution in [2.24, 2.45) is 5.10 Å². The number of nitrogens with zero attached hydrogens (tertiary/aromatic N) is 1. The quantitative estimate of drug-likeness (QED) is 0.430. The maximum atomic E-state index is 11.1. The Morgan fingerprint density at radius 2 is 1.93 bits per heavy atom. The van der Waals surface area contributed by atoms with Gasteiger partial charge in [0.1, 0.15) is 6.61 Å². The maximum absolute atomic E-state index is 11.1. The maximum Gasteiger partial charge on any atom is 0.427 e. The molecule has 0 aliphatic heterocycles. The normalized spacial score (nSPS) is 10.9. The van der Waals surface area contributed by atoms with Crippen molar-refractivity contribution in [1.29, 1.82) is 0 Å². The Morgan fingerprint density at radius 1 is 1.14 bits per heavy atom. The van der Waals surface area contributed by atoms with E-state index >= 15 is 0 Å². The van der Waals surface area contributed by atoms with Gasteiger partial charge in [0, 0.05) is 0 Å². The summed E-state index contributed by atoms with van der Waals surface area (Å²) in [5.41, 5.74) is 3.92. The molecular weight excluding hydrogens is 392 g/mol. The van der Waals surface area contributed by atoms with E-state index in [4.69, 9.17) is 21.1 Å². The van der Waals surface area contributed by atoms with Crippen molar-refractivity contribution in [2.75, 3.05) is 13.7 Å². The van der Waals surface area contributed by atoms with E-state index in [2.05, 4.69) is 33.5 Å². The highest BCUT2D eigenvalue weighted by Gasteiger charge is 2.13. The average molecular weight is 413 g/mol. The summed E-state index contributed by atoms with van der Waals surface area (Å²) in [6, 6.07) is 17.7. The molecule has 3 rings (SSSR count). The molecule has 7 heteroatoms. The first-order chi connectivity index (χ1) is 14.1.